The van der Waals surface area contributed by atoms with Gasteiger partial charge in [-0.15, -0.1) is 0 Å². The van der Waals surface area contributed by atoms with E-state index in [0.717, 1.165) is 35.8 Å². The summed E-state index contributed by atoms with van der Waals surface area (Å²) in [5.74, 6) is 1.73. The Morgan fingerprint density at radius 2 is 1.93 bits per heavy atom. The molecular formula is C11H16BrN3. The first-order valence-electron chi connectivity index (χ1n) is 5.41. The van der Waals surface area contributed by atoms with Crippen molar-refractivity contribution in [1.82, 2.24) is 9.97 Å². The van der Waals surface area contributed by atoms with Crippen LogP contribution in [-0.4, -0.2) is 23.1 Å². The average Bonchev–Trinajstić information content (AvgIpc) is 2.30. The second kappa shape index (κ2) is 4.92. The standard InChI is InChI=1S/C11H16BrN3/c1-9-2-4-15(5-3-9)11-13-7-10(6-12)8-14-11/h7-9H,2-6H2,1H3. The quantitative estimate of drug-likeness (QED) is 0.773. The maximum Gasteiger partial charge on any atom is 0.225 e. The molecule has 0 amide bonds. The fourth-order valence-electron chi connectivity index (χ4n) is 1.79. The molecule has 0 aliphatic carbocycles. The molecule has 0 spiro atoms. The summed E-state index contributed by atoms with van der Waals surface area (Å²) in [6.45, 7) is 4.50. The van der Waals surface area contributed by atoms with Gasteiger partial charge in [-0.3, -0.25) is 0 Å². The molecular weight excluding hydrogens is 254 g/mol. The zero-order chi connectivity index (χ0) is 10.7. The molecule has 1 saturated heterocycles. The van der Waals surface area contributed by atoms with Gasteiger partial charge in [0.05, 0.1) is 0 Å². The molecule has 1 fully saturated rings. The molecule has 2 heterocycles. The van der Waals surface area contributed by atoms with E-state index in [9.17, 15) is 0 Å². The van der Waals surface area contributed by atoms with E-state index in [-0.39, 0.29) is 0 Å². The van der Waals surface area contributed by atoms with E-state index in [1.54, 1.807) is 0 Å². The lowest BCUT2D eigenvalue weighted by Crippen LogP contribution is -2.34. The van der Waals surface area contributed by atoms with Crippen LogP contribution in [0.1, 0.15) is 25.3 Å². The zero-order valence-electron chi connectivity index (χ0n) is 8.99. The van der Waals surface area contributed by atoms with Gasteiger partial charge in [0.25, 0.3) is 0 Å². The molecule has 1 aliphatic rings. The van der Waals surface area contributed by atoms with E-state index < -0.39 is 0 Å². The highest BCUT2D eigenvalue weighted by atomic mass is 79.9. The number of hydrogen-bond acceptors (Lipinski definition) is 3. The Hall–Kier alpha value is -0.640. The fraction of sp³-hybridized carbons (Fsp3) is 0.636. The van der Waals surface area contributed by atoms with Crippen LogP contribution in [0, 0.1) is 5.92 Å². The summed E-state index contributed by atoms with van der Waals surface area (Å²) in [7, 11) is 0. The summed E-state index contributed by atoms with van der Waals surface area (Å²) in [6.07, 6.45) is 6.30. The van der Waals surface area contributed by atoms with Crippen molar-refractivity contribution in [3.05, 3.63) is 18.0 Å². The Bertz CT molecular complexity index is 304. The lowest BCUT2D eigenvalue weighted by molar-refractivity contribution is 0.434. The number of piperidine rings is 1. The number of alkyl halides is 1. The van der Waals surface area contributed by atoms with E-state index in [2.05, 4.69) is 37.7 Å². The predicted octanol–water partition coefficient (Wildman–Crippen LogP) is 2.61. The van der Waals surface area contributed by atoms with E-state index in [1.807, 2.05) is 12.4 Å². The van der Waals surface area contributed by atoms with Gasteiger partial charge in [0.1, 0.15) is 0 Å². The topological polar surface area (TPSA) is 29.0 Å². The molecule has 0 radical (unpaired) electrons. The van der Waals surface area contributed by atoms with Crippen LogP contribution in [0.5, 0.6) is 0 Å². The number of rotatable bonds is 2. The minimum atomic E-state index is 0.824. The first kappa shape index (κ1) is 10.9. The molecule has 0 saturated carbocycles. The van der Waals surface area contributed by atoms with E-state index in [4.69, 9.17) is 0 Å². The van der Waals surface area contributed by atoms with Gasteiger partial charge in [0.2, 0.25) is 5.95 Å². The second-order valence-electron chi connectivity index (χ2n) is 4.19. The molecule has 0 unspecified atom stereocenters. The Kier molecular flexibility index (Phi) is 3.57. The maximum atomic E-state index is 4.38. The van der Waals surface area contributed by atoms with Crippen LogP contribution in [0.3, 0.4) is 0 Å². The first-order valence-corrected chi connectivity index (χ1v) is 6.53. The fourth-order valence-corrected chi connectivity index (χ4v) is 2.08. The number of halogens is 1. The molecule has 15 heavy (non-hydrogen) atoms. The predicted molar refractivity (Wildman–Crippen MR) is 65.3 cm³/mol. The van der Waals surface area contributed by atoms with Gasteiger partial charge in [0.15, 0.2) is 0 Å². The minimum Gasteiger partial charge on any atom is -0.341 e. The van der Waals surface area contributed by atoms with E-state index in [0.29, 0.717) is 0 Å². The smallest absolute Gasteiger partial charge is 0.225 e. The van der Waals surface area contributed by atoms with Crippen LogP contribution in [0.4, 0.5) is 5.95 Å². The SMILES string of the molecule is CC1CCN(c2ncc(CBr)cn2)CC1. The lowest BCUT2D eigenvalue weighted by Gasteiger charge is -2.30. The van der Waals surface area contributed by atoms with Gasteiger partial charge in [-0.2, -0.15) is 0 Å². The Labute approximate surface area is 99.0 Å². The van der Waals surface area contributed by atoms with Crippen molar-refractivity contribution >= 4 is 21.9 Å². The van der Waals surface area contributed by atoms with Crippen molar-refractivity contribution in [3.8, 4) is 0 Å². The maximum absolute atomic E-state index is 4.38. The summed E-state index contributed by atoms with van der Waals surface area (Å²) >= 11 is 3.39. The van der Waals surface area contributed by atoms with Gasteiger partial charge in [-0.25, -0.2) is 9.97 Å². The van der Waals surface area contributed by atoms with Crippen LogP contribution >= 0.6 is 15.9 Å². The van der Waals surface area contributed by atoms with Gasteiger partial charge in [0, 0.05) is 30.8 Å². The number of anilines is 1. The summed E-state index contributed by atoms with van der Waals surface area (Å²) in [6, 6.07) is 0. The summed E-state index contributed by atoms with van der Waals surface area (Å²) in [5.41, 5.74) is 1.13. The molecule has 0 aromatic carbocycles. The van der Waals surface area contributed by atoms with Crippen molar-refractivity contribution in [2.24, 2.45) is 5.92 Å². The van der Waals surface area contributed by atoms with Crippen molar-refractivity contribution in [2.45, 2.75) is 25.1 Å². The number of aromatic nitrogens is 2. The molecule has 2 rings (SSSR count). The Morgan fingerprint density at radius 3 is 2.47 bits per heavy atom. The van der Waals surface area contributed by atoms with Gasteiger partial charge >= 0.3 is 0 Å². The summed E-state index contributed by atoms with van der Waals surface area (Å²) in [4.78, 5) is 11.0. The van der Waals surface area contributed by atoms with Crippen LogP contribution in [0.25, 0.3) is 0 Å². The van der Waals surface area contributed by atoms with Crippen molar-refractivity contribution in [2.75, 3.05) is 18.0 Å². The lowest BCUT2D eigenvalue weighted by atomic mass is 10.00. The molecule has 0 atom stereocenters. The van der Waals surface area contributed by atoms with Gasteiger partial charge in [-0.05, 0) is 24.3 Å². The molecule has 4 heteroatoms. The van der Waals surface area contributed by atoms with E-state index in [1.165, 1.54) is 12.8 Å². The third kappa shape index (κ3) is 2.68. The highest BCUT2D eigenvalue weighted by Gasteiger charge is 2.17. The molecule has 1 aromatic rings. The van der Waals surface area contributed by atoms with Gasteiger partial charge in [-0.1, -0.05) is 22.9 Å². The van der Waals surface area contributed by atoms with Crippen LogP contribution in [0.15, 0.2) is 12.4 Å². The highest BCUT2D eigenvalue weighted by Crippen LogP contribution is 2.19. The molecule has 3 nitrogen and oxygen atoms in total. The minimum absolute atomic E-state index is 0.824. The van der Waals surface area contributed by atoms with Crippen molar-refractivity contribution in [1.29, 1.82) is 0 Å². The van der Waals surface area contributed by atoms with Crippen LogP contribution in [0.2, 0.25) is 0 Å². The molecule has 1 aromatic heterocycles. The normalized spacial score (nSPS) is 18.1. The molecule has 0 bridgehead atoms. The summed E-state index contributed by atoms with van der Waals surface area (Å²) < 4.78 is 0. The zero-order valence-corrected chi connectivity index (χ0v) is 10.6. The number of nitrogens with zero attached hydrogens (tertiary/aromatic N) is 3. The third-order valence-corrected chi connectivity index (χ3v) is 3.56. The first-order chi connectivity index (χ1) is 7.29. The van der Waals surface area contributed by atoms with Crippen LogP contribution in [-0.2, 0) is 5.33 Å². The second-order valence-corrected chi connectivity index (χ2v) is 4.76. The van der Waals surface area contributed by atoms with Crippen LogP contribution < -0.4 is 4.90 Å². The monoisotopic (exact) mass is 269 g/mol. The molecule has 1 aliphatic heterocycles. The summed E-state index contributed by atoms with van der Waals surface area (Å²) in [5, 5.41) is 0.824. The average molecular weight is 270 g/mol. The molecule has 0 N–H and O–H groups in total. The number of hydrogen-bond donors (Lipinski definition) is 0. The van der Waals surface area contributed by atoms with E-state index >= 15 is 0 Å². The highest BCUT2D eigenvalue weighted by molar-refractivity contribution is 9.08. The largest absolute Gasteiger partial charge is 0.341 e. The third-order valence-electron chi connectivity index (χ3n) is 2.91. The Morgan fingerprint density at radius 1 is 1.33 bits per heavy atom. The van der Waals surface area contributed by atoms with Crippen molar-refractivity contribution in [3.63, 3.8) is 0 Å². The van der Waals surface area contributed by atoms with Crippen molar-refractivity contribution < 1.29 is 0 Å². The van der Waals surface area contributed by atoms with Gasteiger partial charge < -0.3 is 4.90 Å². The molecule has 82 valence electrons. The Balaban J connectivity index is 2.03.